The van der Waals surface area contributed by atoms with Crippen molar-refractivity contribution in [2.24, 2.45) is 7.05 Å². The Morgan fingerprint density at radius 2 is 1.88 bits per heavy atom. The molecule has 2 aromatic carbocycles. The smallest absolute Gasteiger partial charge is 0.191 e. The first-order valence-electron chi connectivity index (χ1n) is 7.58. The molecular weight excluding hydrogens is 318 g/mol. The molecule has 0 amide bonds. The normalized spacial score (nSPS) is 11.0. The van der Waals surface area contributed by atoms with Crippen molar-refractivity contribution in [2.45, 2.75) is 10.9 Å². The van der Waals surface area contributed by atoms with E-state index < -0.39 is 0 Å². The average molecular weight is 333 g/mol. The van der Waals surface area contributed by atoms with Gasteiger partial charge < -0.3 is 4.57 Å². The Morgan fingerprint density at radius 3 is 2.75 bits per heavy atom. The summed E-state index contributed by atoms with van der Waals surface area (Å²) in [4.78, 5) is 8.38. The second kappa shape index (κ2) is 6.41. The molecule has 0 saturated carbocycles. The lowest BCUT2D eigenvalue weighted by Crippen LogP contribution is -1.97. The van der Waals surface area contributed by atoms with Gasteiger partial charge in [0.05, 0.1) is 6.20 Å². The molecule has 0 bridgehead atoms. The summed E-state index contributed by atoms with van der Waals surface area (Å²) in [5.41, 5.74) is 2.02. The third kappa shape index (κ3) is 2.76. The second-order valence-electron chi connectivity index (χ2n) is 5.38. The van der Waals surface area contributed by atoms with Crippen molar-refractivity contribution in [2.75, 3.05) is 0 Å². The lowest BCUT2D eigenvalue weighted by Gasteiger charge is -2.06. The number of nitrogens with zero attached hydrogens (tertiary/aromatic N) is 5. The molecule has 6 heteroatoms. The number of thioether (sulfide) groups is 1. The highest BCUT2D eigenvalue weighted by Crippen LogP contribution is 2.27. The molecule has 2 aromatic heterocycles. The standard InChI is InChI=1S/C18H15N5S/c1-23-17(16-11-19-9-10-20-16)21-22-18(23)24-12-14-7-4-6-13-5-2-3-8-15(13)14/h2-11H,12H2,1H3. The van der Waals surface area contributed by atoms with Crippen molar-refractivity contribution >= 4 is 22.5 Å². The number of rotatable bonds is 4. The largest absolute Gasteiger partial charge is 0.304 e. The van der Waals surface area contributed by atoms with Crippen molar-refractivity contribution in [3.63, 3.8) is 0 Å². The van der Waals surface area contributed by atoms with Gasteiger partial charge in [-0.25, -0.2) is 4.98 Å². The molecule has 0 unspecified atom stereocenters. The van der Waals surface area contributed by atoms with Crippen molar-refractivity contribution < 1.29 is 0 Å². The van der Waals surface area contributed by atoms with E-state index in [0.717, 1.165) is 22.4 Å². The zero-order valence-corrected chi connectivity index (χ0v) is 13.9. The molecule has 2 heterocycles. The molecule has 0 spiro atoms. The van der Waals surface area contributed by atoms with E-state index in [-0.39, 0.29) is 0 Å². The molecule has 4 rings (SSSR count). The molecule has 0 radical (unpaired) electrons. The lowest BCUT2D eigenvalue weighted by molar-refractivity contribution is 0.791. The molecule has 0 aliphatic heterocycles. The lowest BCUT2D eigenvalue weighted by atomic mass is 10.1. The van der Waals surface area contributed by atoms with Crippen molar-refractivity contribution in [3.8, 4) is 11.5 Å². The first kappa shape index (κ1) is 14.8. The summed E-state index contributed by atoms with van der Waals surface area (Å²) in [5.74, 6) is 1.57. The van der Waals surface area contributed by atoms with Gasteiger partial charge in [-0.05, 0) is 16.3 Å². The SMILES string of the molecule is Cn1c(SCc2cccc3ccccc23)nnc1-c1cnccn1. The Bertz CT molecular complexity index is 976. The molecule has 0 saturated heterocycles. The maximum absolute atomic E-state index is 4.30. The summed E-state index contributed by atoms with van der Waals surface area (Å²) in [6.45, 7) is 0. The Balaban J connectivity index is 1.59. The van der Waals surface area contributed by atoms with E-state index in [0.29, 0.717) is 0 Å². The highest BCUT2D eigenvalue weighted by Gasteiger charge is 2.12. The molecule has 5 nitrogen and oxygen atoms in total. The molecule has 0 fully saturated rings. The van der Waals surface area contributed by atoms with Gasteiger partial charge in [0.1, 0.15) is 5.69 Å². The zero-order chi connectivity index (χ0) is 16.4. The van der Waals surface area contributed by atoms with Gasteiger partial charge in [0.25, 0.3) is 0 Å². The van der Waals surface area contributed by atoms with Crippen LogP contribution in [0.3, 0.4) is 0 Å². The van der Waals surface area contributed by atoms with Crippen molar-refractivity contribution in [3.05, 3.63) is 66.6 Å². The number of hydrogen-bond donors (Lipinski definition) is 0. The topological polar surface area (TPSA) is 56.5 Å². The molecule has 0 N–H and O–H groups in total. The van der Waals surface area contributed by atoms with Gasteiger partial charge in [-0.15, -0.1) is 10.2 Å². The highest BCUT2D eigenvalue weighted by atomic mass is 32.2. The number of aromatic nitrogens is 5. The Kier molecular flexibility index (Phi) is 3.96. The second-order valence-corrected chi connectivity index (χ2v) is 6.33. The van der Waals surface area contributed by atoms with Crippen molar-refractivity contribution in [1.82, 2.24) is 24.7 Å². The third-order valence-corrected chi connectivity index (χ3v) is 4.93. The average Bonchev–Trinajstić information content (AvgIpc) is 3.01. The van der Waals surface area contributed by atoms with E-state index >= 15 is 0 Å². The minimum absolute atomic E-state index is 0.725. The summed E-state index contributed by atoms with van der Waals surface area (Å²) in [6, 6.07) is 14.8. The van der Waals surface area contributed by atoms with Crippen LogP contribution in [-0.2, 0) is 12.8 Å². The third-order valence-electron chi connectivity index (χ3n) is 3.86. The van der Waals surface area contributed by atoms with Gasteiger partial charge in [-0.2, -0.15) is 0 Å². The maximum Gasteiger partial charge on any atom is 0.191 e. The van der Waals surface area contributed by atoms with Crippen LogP contribution in [-0.4, -0.2) is 24.7 Å². The van der Waals surface area contributed by atoms with E-state index in [2.05, 4.69) is 62.6 Å². The van der Waals surface area contributed by atoms with E-state index in [4.69, 9.17) is 0 Å². The molecule has 24 heavy (non-hydrogen) atoms. The minimum Gasteiger partial charge on any atom is -0.304 e. The van der Waals surface area contributed by atoms with Crippen LogP contribution in [0, 0.1) is 0 Å². The quantitative estimate of drug-likeness (QED) is 0.533. The summed E-state index contributed by atoms with van der Waals surface area (Å²) in [6.07, 6.45) is 5.01. The van der Waals surface area contributed by atoms with Crippen LogP contribution in [0.2, 0.25) is 0 Å². The Hall–Kier alpha value is -2.73. The predicted molar refractivity (Wildman–Crippen MR) is 95.5 cm³/mol. The van der Waals surface area contributed by atoms with Gasteiger partial charge in [-0.3, -0.25) is 4.98 Å². The van der Waals surface area contributed by atoms with Gasteiger partial charge in [0.15, 0.2) is 11.0 Å². The minimum atomic E-state index is 0.725. The van der Waals surface area contributed by atoms with Gasteiger partial charge in [-0.1, -0.05) is 54.2 Å². The van der Waals surface area contributed by atoms with Crippen LogP contribution in [0.1, 0.15) is 5.56 Å². The number of fused-ring (bicyclic) bond motifs is 1. The predicted octanol–water partition coefficient (Wildman–Crippen LogP) is 3.72. The van der Waals surface area contributed by atoms with E-state index in [9.17, 15) is 0 Å². The molecule has 118 valence electrons. The summed E-state index contributed by atoms with van der Waals surface area (Å²) in [5, 5.41) is 11.9. The fourth-order valence-electron chi connectivity index (χ4n) is 2.64. The molecular formula is C18H15N5S. The zero-order valence-electron chi connectivity index (χ0n) is 13.1. The summed E-state index contributed by atoms with van der Waals surface area (Å²) >= 11 is 1.67. The molecule has 4 aromatic rings. The summed E-state index contributed by atoms with van der Waals surface area (Å²) < 4.78 is 1.96. The number of hydrogen-bond acceptors (Lipinski definition) is 5. The number of benzene rings is 2. The molecule has 0 aliphatic rings. The first-order valence-corrected chi connectivity index (χ1v) is 8.57. The van der Waals surface area contributed by atoms with Gasteiger partial charge >= 0.3 is 0 Å². The van der Waals surface area contributed by atoms with Crippen molar-refractivity contribution in [1.29, 1.82) is 0 Å². The molecule has 0 atom stereocenters. The van der Waals surface area contributed by atoms with Gasteiger partial charge in [0, 0.05) is 25.2 Å². The Morgan fingerprint density at radius 1 is 1.00 bits per heavy atom. The Labute approximate surface area is 143 Å². The van der Waals surface area contributed by atoms with Crippen LogP contribution in [0.25, 0.3) is 22.3 Å². The fraction of sp³-hybridized carbons (Fsp3) is 0.111. The van der Waals surface area contributed by atoms with Crippen LogP contribution in [0.5, 0.6) is 0 Å². The monoisotopic (exact) mass is 333 g/mol. The fourth-order valence-corrected chi connectivity index (χ4v) is 3.55. The van der Waals surface area contributed by atoms with Crippen LogP contribution < -0.4 is 0 Å². The maximum atomic E-state index is 4.30. The van der Waals surface area contributed by atoms with Gasteiger partial charge in [0.2, 0.25) is 0 Å². The summed E-state index contributed by atoms with van der Waals surface area (Å²) in [7, 11) is 1.95. The van der Waals surface area contributed by atoms with E-state index in [1.807, 2.05) is 11.6 Å². The first-order chi connectivity index (χ1) is 11.8. The van der Waals surface area contributed by atoms with Crippen LogP contribution >= 0.6 is 11.8 Å². The van der Waals surface area contributed by atoms with Crippen LogP contribution in [0.15, 0.2) is 66.2 Å². The van der Waals surface area contributed by atoms with Crippen LogP contribution in [0.4, 0.5) is 0 Å². The van der Waals surface area contributed by atoms with E-state index in [1.165, 1.54) is 16.3 Å². The highest BCUT2D eigenvalue weighted by molar-refractivity contribution is 7.98. The molecule has 0 aliphatic carbocycles. The van der Waals surface area contributed by atoms with E-state index in [1.54, 1.807) is 30.4 Å².